The first-order valence-corrected chi connectivity index (χ1v) is 7.20. The molecule has 1 aromatic rings. The number of likely N-dealkylation sites (tertiary alicyclic amines) is 1. The van der Waals surface area contributed by atoms with Crippen LogP contribution in [0, 0.1) is 11.3 Å². The lowest BCUT2D eigenvalue weighted by Crippen LogP contribution is -2.41. The van der Waals surface area contributed by atoms with E-state index in [0.717, 1.165) is 45.3 Å². The van der Waals surface area contributed by atoms with Gasteiger partial charge in [0.1, 0.15) is 0 Å². The molecule has 1 aliphatic heterocycles. The number of aryl methyl sites for hydroxylation is 1. The fraction of sp³-hybridized carbons (Fsp3) is 0.562. The standard InChI is InChI=1S/C16H21NO2/c18-15(19)16-11-14(16)8-10-17(12-16)9-4-7-13-5-2-1-3-6-13/h1-3,5-6,14H,4,7-12H2,(H,18,19). The monoisotopic (exact) mass is 259 g/mol. The molecule has 1 heterocycles. The second kappa shape index (κ2) is 4.97. The third-order valence-corrected chi connectivity index (χ3v) is 4.74. The molecule has 1 saturated carbocycles. The van der Waals surface area contributed by atoms with Gasteiger partial charge in [-0.2, -0.15) is 0 Å². The summed E-state index contributed by atoms with van der Waals surface area (Å²) in [5, 5.41) is 9.33. The van der Waals surface area contributed by atoms with Crippen LogP contribution >= 0.6 is 0 Å². The van der Waals surface area contributed by atoms with Gasteiger partial charge in [0.2, 0.25) is 0 Å². The van der Waals surface area contributed by atoms with Crippen molar-refractivity contribution in [3.05, 3.63) is 35.9 Å². The topological polar surface area (TPSA) is 40.5 Å². The minimum atomic E-state index is -0.578. The van der Waals surface area contributed by atoms with E-state index in [1.807, 2.05) is 6.07 Å². The Kier molecular flexibility index (Phi) is 3.31. The molecule has 102 valence electrons. The lowest BCUT2D eigenvalue weighted by Gasteiger charge is -2.30. The lowest BCUT2D eigenvalue weighted by molar-refractivity contribution is -0.145. The number of rotatable bonds is 5. The highest BCUT2D eigenvalue weighted by atomic mass is 16.4. The molecule has 0 bridgehead atoms. The number of hydrogen-bond acceptors (Lipinski definition) is 2. The van der Waals surface area contributed by atoms with Crippen molar-refractivity contribution < 1.29 is 9.90 Å². The van der Waals surface area contributed by atoms with E-state index in [1.54, 1.807) is 0 Å². The van der Waals surface area contributed by atoms with Crippen LogP contribution in [0.15, 0.2) is 30.3 Å². The maximum Gasteiger partial charge on any atom is 0.311 e. The summed E-state index contributed by atoms with van der Waals surface area (Å²) in [5.74, 6) is -0.124. The number of benzene rings is 1. The Morgan fingerprint density at radius 2 is 2.16 bits per heavy atom. The highest BCUT2D eigenvalue weighted by Gasteiger charge is 2.62. The van der Waals surface area contributed by atoms with Crippen molar-refractivity contribution in [3.8, 4) is 0 Å². The zero-order valence-corrected chi connectivity index (χ0v) is 11.2. The Hall–Kier alpha value is -1.35. The first-order valence-electron chi connectivity index (χ1n) is 7.20. The predicted octanol–water partition coefficient (Wildman–Crippen LogP) is 2.42. The summed E-state index contributed by atoms with van der Waals surface area (Å²) in [6, 6.07) is 10.5. The van der Waals surface area contributed by atoms with Crippen molar-refractivity contribution in [1.82, 2.24) is 4.90 Å². The molecule has 2 aliphatic rings. The summed E-state index contributed by atoms with van der Waals surface area (Å²) in [5.41, 5.74) is 0.988. The molecule has 0 spiro atoms. The number of carbonyl (C=O) groups is 1. The molecular formula is C16H21NO2. The Bertz CT molecular complexity index is 459. The van der Waals surface area contributed by atoms with Crippen LogP contribution in [0.3, 0.4) is 0 Å². The van der Waals surface area contributed by atoms with E-state index < -0.39 is 5.97 Å². The fourth-order valence-electron chi connectivity index (χ4n) is 3.44. The number of carboxylic acids is 1. The fourth-order valence-corrected chi connectivity index (χ4v) is 3.44. The maximum atomic E-state index is 11.3. The van der Waals surface area contributed by atoms with Gasteiger partial charge in [-0.25, -0.2) is 0 Å². The third kappa shape index (κ3) is 2.52. The zero-order chi connectivity index (χ0) is 13.3. The Labute approximate surface area is 114 Å². The molecule has 0 amide bonds. The van der Waals surface area contributed by atoms with Crippen LogP contribution in [0.4, 0.5) is 0 Å². The number of piperidine rings is 1. The van der Waals surface area contributed by atoms with Gasteiger partial charge in [0, 0.05) is 6.54 Å². The largest absolute Gasteiger partial charge is 0.481 e. The van der Waals surface area contributed by atoms with Crippen molar-refractivity contribution in [1.29, 1.82) is 0 Å². The summed E-state index contributed by atoms with van der Waals surface area (Å²) < 4.78 is 0. The van der Waals surface area contributed by atoms with E-state index in [1.165, 1.54) is 5.56 Å². The van der Waals surface area contributed by atoms with Gasteiger partial charge in [0.25, 0.3) is 0 Å². The van der Waals surface area contributed by atoms with Gasteiger partial charge in [0.05, 0.1) is 5.41 Å². The summed E-state index contributed by atoms with van der Waals surface area (Å²) in [4.78, 5) is 13.7. The average molecular weight is 259 g/mol. The van der Waals surface area contributed by atoms with Gasteiger partial charge < -0.3 is 10.0 Å². The first-order chi connectivity index (χ1) is 9.21. The molecule has 3 rings (SSSR count). The van der Waals surface area contributed by atoms with Gasteiger partial charge in [-0.05, 0) is 50.3 Å². The van der Waals surface area contributed by atoms with Crippen LogP contribution in [-0.2, 0) is 11.2 Å². The van der Waals surface area contributed by atoms with Crippen LogP contribution in [0.25, 0.3) is 0 Å². The second-order valence-electron chi connectivity index (χ2n) is 6.02. The molecule has 2 unspecified atom stereocenters. The van der Waals surface area contributed by atoms with Crippen molar-refractivity contribution in [2.45, 2.75) is 25.7 Å². The molecule has 1 aromatic carbocycles. The average Bonchev–Trinajstić information content (AvgIpc) is 3.15. The zero-order valence-electron chi connectivity index (χ0n) is 11.2. The number of nitrogens with zero attached hydrogens (tertiary/aromatic N) is 1. The Morgan fingerprint density at radius 1 is 1.37 bits per heavy atom. The van der Waals surface area contributed by atoms with E-state index in [9.17, 15) is 9.90 Å². The summed E-state index contributed by atoms with van der Waals surface area (Å²) in [7, 11) is 0. The molecule has 1 N–H and O–H groups in total. The number of carboxylic acid groups (broad SMARTS) is 1. The van der Waals surface area contributed by atoms with Gasteiger partial charge in [-0.1, -0.05) is 30.3 Å². The third-order valence-electron chi connectivity index (χ3n) is 4.74. The van der Waals surface area contributed by atoms with Crippen LogP contribution in [0.1, 0.15) is 24.8 Å². The number of fused-ring (bicyclic) bond motifs is 1. The van der Waals surface area contributed by atoms with E-state index >= 15 is 0 Å². The smallest absolute Gasteiger partial charge is 0.311 e. The van der Waals surface area contributed by atoms with Gasteiger partial charge >= 0.3 is 5.97 Å². The molecule has 19 heavy (non-hydrogen) atoms. The molecule has 3 heteroatoms. The van der Waals surface area contributed by atoms with Crippen LogP contribution < -0.4 is 0 Å². The SMILES string of the molecule is O=C(O)C12CC1CCN(CCCc1ccccc1)C2. The van der Waals surface area contributed by atoms with Crippen molar-refractivity contribution >= 4 is 5.97 Å². The lowest BCUT2D eigenvalue weighted by atomic mass is 9.97. The summed E-state index contributed by atoms with van der Waals surface area (Å²) in [6.07, 6.45) is 4.17. The predicted molar refractivity (Wildman–Crippen MR) is 74.0 cm³/mol. The molecule has 0 radical (unpaired) electrons. The molecule has 2 atom stereocenters. The van der Waals surface area contributed by atoms with Gasteiger partial charge in [0.15, 0.2) is 0 Å². The summed E-state index contributed by atoms with van der Waals surface area (Å²) >= 11 is 0. The molecule has 3 nitrogen and oxygen atoms in total. The molecule has 1 aliphatic carbocycles. The molecule has 1 saturated heterocycles. The number of hydrogen-bond donors (Lipinski definition) is 1. The first kappa shape index (κ1) is 12.7. The Balaban J connectivity index is 1.47. The molecule has 2 fully saturated rings. The van der Waals surface area contributed by atoms with Gasteiger partial charge in [-0.15, -0.1) is 0 Å². The van der Waals surface area contributed by atoms with Crippen LogP contribution in [0.2, 0.25) is 0 Å². The van der Waals surface area contributed by atoms with Crippen LogP contribution in [0.5, 0.6) is 0 Å². The van der Waals surface area contributed by atoms with Crippen molar-refractivity contribution in [3.63, 3.8) is 0 Å². The van der Waals surface area contributed by atoms with Gasteiger partial charge in [-0.3, -0.25) is 4.79 Å². The van der Waals surface area contributed by atoms with Crippen LogP contribution in [-0.4, -0.2) is 35.6 Å². The minimum absolute atomic E-state index is 0.384. The molecule has 0 aromatic heterocycles. The number of aliphatic carboxylic acids is 1. The van der Waals surface area contributed by atoms with E-state index in [2.05, 4.69) is 29.2 Å². The second-order valence-corrected chi connectivity index (χ2v) is 6.02. The summed E-state index contributed by atoms with van der Waals surface area (Å²) in [6.45, 7) is 2.87. The quantitative estimate of drug-likeness (QED) is 0.883. The minimum Gasteiger partial charge on any atom is -0.481 e. The molecular weight excluding hydrogens is 238 g/mol. The maximum absolute atomic E-state index is 11.3. The van der Waals surface area contributed by atoms with E-state index in [-0.39, 0.29) is 5.41 Å². The van der Waals surface area contributed by atoms with E-state index in [4.69, 9.17) is 0 Å². The van der Waals surface area contributed by atoms with Crippen molar-refractivity contribution in [2.24, 2.45) is 11.3 Å². The highest BCUT2D eigenvalue weighted by Crippen LogP contribution is 2.57. The normalized spacial score (nSPS) is 29.8. The van der Waals surface area contributed by atoms with Crippen molar-refractivity contribution in [2.75, 3.05) is 19.6 Å². The Morgan fingerprint density at radius 3 is 2.89 bits per heavy atom. The highest BCUT2D eigenvalue weighted by molar-refractivity contribution is 5.79. The van der Waals surface area contributed by atoms with E-state index in [0.29, 0.717) is 5.92 Å².